The minimum Gasteiger partial charge on any atom is -0.411 e. The van der Waals surface area contributed by atoms with Gasteiger partial charge in [0.25, 0.3) is 0 Å². The Labute approximate surface area is 181 Å². The highest BCUT2D eigenvalue weighted by Crippen LogP contribution is 2.20. The Bertz CT molecular complexity index is 1010. The fraction of sp³-hybridized carbons (Fsp3) is 0.500. The van der Waals surface area contributed by atoms with E-state index in [0.717, 1.165) is 4.31 Å². The molecule has 0 radical (unpaired) electrons. The lowest BCUT2D eigenvalue weighted by Gasteiger charge is -2.33. The summed E-state index contributed by atoms with van der Waals surface area (Å²) in [5.74, 6) is -0.419. The van der Waals surface area contributed by atoms with Gasteiger partial charge in [0.1, 0.15) is 23.4 Å². The fourth-order valence-corrected chi connectivity index (χ4v) is 5.13. The Morgan fingerprint density at radius 2 is 2.07 bits per heavy atom. The summed E-state index contributed by atoms with van der Waals surface area (Å²) in [4.78, 5) is 0. The van der Waals surface area contributed by atoms with Gasteiger partial charge in [0, 0.05) is 19.5 Å². The molecule has 8 nitrogen and oxygen atoms in total. The molecule has 2 heterocycles. The number of nitrogens with zero attached hydrogens (tertiary/aromatic N) is 4. The van der Waals surface area contributed by atoms with Crippen LogP contribution in [0.1, 0.15) is 36.2 Å². The highest BCUT2D eigenvalue weighted by molar-refractivity contribution is 9.10. The second-order valence-corrected chi connectivity index (χ2v) is 10.0. The molecule has 164 valence electrons. The van der Waals surface area contributed by atoms with Crippen LogP contribution in [0, 0.1) is 5.82 Å². The number of hydrogen-bond donors (Lipinski definition) is 1. The highest BCUT2D eigenvalue weighted by atomic mass is 79.9. The summed E-state index contributed by atoms with van der Waals surface area (Å²) in [5.41, 5.74) is 1.73. The average molecular weight is 507 g/mol. The number of hydrogen-bond acceptors (Lipinski definition) is 7. The molecule has 0 bridgehead atoms. The van der Waals surface area contributed by atoms with E-state index >= 15 is 0 Å². The smallest absolute Gasteiger partial charge is 0.214 e. The van der Waals surface area contributed by atoms with Crippen molar-refractivity contribution in [3.8, 4) is 0 Å². The molecule has 1 saturated heterocycles. The van der Waals surface area contributed by atoms with Crippen molar-refractivity contribution < 1.29 is 27.0 Å². The van der Waals surface area contributed by atoms with Crippen LogP contribution in [0.25, 0.3) is 0 Å². The average Bonchev–Trinajstić information content (AvgIpc) is 3.14. The molecule has 0 unspecified atom stereocenters. The Kier molecular flexibility index (Phi) is 7.53. The zero-order chi connectivity index (χ0) is 21.7. The van der Waals surface area contributed by atoms with Gasteiger partial charge in [-0.15, -0.1) is 0 Å². The van der Waals surface area contributed by atoms with Crippen molar-refractivity contribution in [1.82, 2.24) is 14.6 Å². The Morgan fingerprint density at radius 3 is 2.73 bits per heavy atom. The van der Waals surface area contributed by atoms with Crippen LogP contribution >= 0.6 is 15.9 Å². The van der Waals surface area contributed by atoms with Gasteiger partial charge < -0.3 is 5.21 Å². The monoisotopic (exact) mass is 506 g/mol. The van der Waals surface area contributed by atoms with Gasteiger partial charge in [0.05, 0.1) is 10.2 Å². The third-order valence-corrected chi connectivity index (χ3v) is 7.32. The maximum absolute atomic E-state index is 13.4. The largest absolute Gasteiger partial charge is 0.411 e. The van der Waals surface area contributed by atoms with E-state index in [4.69, 9.17) is 4.63 Å². The van der Waals surface area contributed by atoms with Crippen LogP contribution in [0.5, 0.6) is 0 Å². The van der Waals surface area contributed by atoms with Crippen molar-refractivity contribution in [3.63, 3.8) is 0 Å². The summed E-state index contributed by atoms with van der Waals surface area (Å²) in [6.07, 6.45) is 1.29. The molecular weight excluding hydrogens is 486 g/mol. The number of alkyl halides is 1. The van der Waals surface area contributed by atoms with Crippen LogP contribution in [0.3, 0.4) is 0 Å². The van der Waals surface area contributed by atoms with E-state index in [1.165, 1.54) is 6.07 Å². The SMILES string of the molecule is O=S(=O)(CCCCCc1nonc1/C(Cc1ccc(F)c(Br)c1)=N/O)N1CC(F)C1. The van der Waals surface area contributed by atoms with Crippen LogP contribution in [0.15, 0.2) is 32.5 Å². The van der Waals surface area contributed by atoms with Gasteiger partial charge in [0.2, 0.25) is 10.0 Å². The number of sulfonamides is 1. The molecule has 1 aliphatic heterocycles. The molecule has 1 aliphatic rings. The molecular formula is C18H21BrF2N4O4S. The van der Waals surface area contributed by atoms with E-state index in [1.807, 2.05) is 0 Å². The number of rotatable bonds is 10. The number of oxime groups is 1. The van der Waals surface area contributed by atoms with Gasteiger partial charge in [-0.05, 0) is 58.0 Å². The zero-order valence-electron chi connectivity index (χ0n) is 16.0. The van der Waals surface area contributed by atoms with E-state index < -0.39 is 22.0 Å². The van der Waals surface area contributed by atoms with Crippen molar-refractivity contribution in [1.29, 1.82) is 0 Å². The van der Waals surface area contributed by atoms with E-state index in [9.17, 15) is 22.4 Å². The molecule has 0 saturated carbocycles. The lowest BCUT2D eigenvalue weighted by Crippen LogP contribution is -2.52. The van der Waals surface area contributed by atoms with Crippen LogP contribution in [-0.2, 0) is 22.9 Å². The van der Waals surface area contributed by atoms with Crippen molar-refractivity contribution >= 4 is 31.7 Å². The van der Waals surface area contributed by atoms with Gasteiger partial charge in [-0.2, -0.15) is 4.31 Å². The third-order valence-electron chi connectivity index (χ3n) is 4.82. The van der Waals surface area contributed by atoms with Gasteiger partial charge in [0.15, 0.2) is 5.69 Å². The Balaban J connectivity index is 1.51. The minimum atomic E-state index is -3.39. The summed E-state index contributed by atoms with van der Waals surface area (Å²) in [6.45, 7) is -0.103. The molecule has 1 N–H and O–H groups in total. The lowest BCUT2D eigenvalue weighted by molar-refractivity contribution is 0.141. The predicted octanol–water partition coefficient (Wildman–Crippen LogP) is 3.09. The molecule has 2 aromatic rings. The van der Waals surface area contributed by atoms with Crippen LogP contribution in [0.2, 0.25) is 0 Å². The third kappa shape index (κ3) is 5.61. The summed E-state index contributed by atoms with van der Waals surface area (Å²) < 4.78 is 56.5. The highest BCUT2D eigenvalue weighted by Gasteiger charge is 2.35. The van der Waals surface area contributed by atoms with Crippen LogP contribution < -0.4 is 0 Å². The molecule has 1 aromatic carbocycles. The van der Waals surface area contributed by atoms with E-state index in [1.54, 1.807) is 12.1 Å². The van der Waals surface area contributed by atoms with Crippen molar-refractivity contribution in [2.75, 3.05) is 18.8 Å². The maximum Gasteiger partial charge on any atom is 0.214 e. The molecule has 0 aliphatic carbocycles. The normalized spacial score (nSPS) is 16.0. The summed E-state index contributed by atoms with van der Waals surface area (Å²) in [7, 11) is -3.39. The standard InChI is InChI=1S/C18H21BrF2N4O4S/c19-14-8-12(5-6-15(14)21)9-17(22-26)18-16(23-29-24-18)4-2-1-3-7-30(27,28)25-10-13(20)11-25/h5-6,8,13,26H,1-4,7,9-11H2/b22-17+. The lowest BCUT2D eigenvalue weighted by atomic mass is 10.0. The summed E-state index contributed by atoms with van der Waals surface area (Å²) in [6, 6.07) is 4.46. The molecule has 30 heavy (non-hydrogen) atoms. The number of benzene rings is 1. The number of unbranched alkanes of at least 4 members (excludes halogenated alkanes) is 2. The molecule has 1 fully saturated rings. The molecule has 0 atom stereocenters. The van der Waals surface area contributed by atoms with Crippen LogP contribution in [-0.4, -0.2) is 59.0 Å². The fourth-order valence-electron chi connectivity index (χ4n) is 3.10. The minimum absolute atomic E-state index is 0.0214. The van der Waals surface area contributed by atoms with E-state index in [2.05, 4.69) is 31.4 Å². The van der Waals surface area contributed by atoms with Crippen LogP contribution in [0.4, 0.5) is 8.78 Å². The number of aryl methyl sites for hydroxylation is 1. The second-order valence-electron chi connectivity index (χ2n) is 7.07. The number of halogens is 3. The van der Waals surface area contributed by atoms with Crippen molar-refractivity contribution in [3.05, 3.63) is 45.4 Å². The Morgan fingerprint density at radius 1 is 1.30 bits per heavy atom. The number of aromatic nitrogens is 2. The van der Waals surface area contributed by atoms with Crippen molar-refractivity contribution in [2.45, 2.75) is 38.3 Å². The molecule has 1 aromatic heterocycles. The van der Waals surface area contributed by atoms with E-state index in [-0.39, 0.29) is 31.0 Å². The predicted molar refractivity (Wildman–Crippen MR) is 108 cm³/mol. The zero-order valence-corrected chi connectivity index (χ0v) is 18.4. The first-order valence-corrected chi connectivity index (χ1v) is 11.8. The van der Waals surface area contributed by atoms with Gasteiger partial charge >= 0.3 is 0 Å². The second kappa shape index (κ2) is 9.92. The maximum atomic E-state index is 13.4. The first-order valence-electron chi connectivity index (χ1n) is 9.38. The van der Waals surface area contributed by atoms with Gasteiger partial charge in [-0.1, -0.05) is 22.8 Å². The first kappa shape index (κ1) is 22.8. The molecule has 12 heteroatoms. The van der Waals surface area contributed by atoms with Gasteiger partial charge in [-0.3, -0.25) is 0 Å². The van der Waals surface area contributed by atoms with E-state index in [0.29, 0.717) is 47.1 Å². The molecule has 0 amide bonds. The summed E-state index contributed by atoms with van der Waals surface area (Å²) >= 11 is 3.12. The summed E-state index contributed by atoms with van der Waals surface area (Å²) in [5, 5.41) is 20.3. The Hall–Kier alpha value is -1.92. The molecule has 0 spiro atoms. The van der Waals surface area contributed by atoms with Gasteiger partial charge in [-0.25, -0.2) is 21.8 Å². The quantitative estimate of drug-likeness (QED) is 0.229. The molecule has 3 rings (SSSR count). The van der Waals surface area contributed by atoms with Crippen molar-refractivity contribution in [2.24, 2.45) is 5.16 Å². The topological polar surface area (TPSA) is 109 Å². The first-order chi connectivity index (χ1) is 14.3.